The van der Waals surface area contributed by atoms with Gasteiger partial charge in [0.25, 0.3) is 11.8 Å². The van der Waals surface area contributed by atoms with Crippen LogP contribution in [0.5, 0.6) is 0 Å². The first kappa shape index (κ1) is 20.0. The fraction of sp³-hybridized carbons (Fsp3) is 0.368. The molecule has 2 aliphatic rings. The van der Waals surface area contributed by atoms with Crippen molar-refractivity contribution in [2.75, 3.05) is 11.9 Å². The standard InChI is InChI=1S/C19H20N6O4S/c1-19(12-8-21-6-7-22-12)17(28)25(18(29)24-19)9-13(26)23-16-14(15(20)27)10-4-2-3-5-11(10)30-16/h6-8H,2-5,9H2,1H3,(H2,20,27)(H,23,26)(H,24,29)/t19-/m1/s1. The van der Waals surface area contributed by atoms with E-state index in [2.05, 4.69) is 20.6 Å². The number of amides is 5. The second-order valence-electron chi connectivity index (χ2n) is 7.36. The Morgan fingerprint density at radius 1 is 1.30 bits per heavy atom. The maximum absolute atomic E-state index is 12.9. The van der Waals surface area contributed by atoms with Crippen LogP contribution in [-0.4, -0.2) is 45.2 Å². The highest BCUT2D eigenvalue weighted by atomic mass is 32.1. The van der Waals surface area contributed by atoms with Gasteiger partial charge in [-0.25, -0.2) is 4.79 Å². The average Bonchev–Trinajstić information content (AvgIpc) is 3.19. The van der Waals surface area contributed by atoms with Crippen molar-refractivity contribution in [2.24, 2.45) is 5.73 Å². The predicted octanol–water partition coefficient (Wildman–Crippen LogP) is 0.921. The third kappa shape index (κ3) is 3.30. The van der Waals surface area contributed by atoms with Gasteiger partial charge in [-0.15, -0.1) is 11.3 Å². The first-order valence-electron chi connectivity index (χ1n) is 9.46. The number of hydrogen-bond acceptors (Lipinski definition) is 7. The van der Waals surface area contributed by atoms with Gasteiger partial charge in [0.2, 0.25) is 5.91 Å². The summed E-state index contributed by atoms with van der Waals surface area (Å²) in [7, 11) is 0. The van der Waals surface area contributed by atoms with Crippen LogP contribution in [0.15, 0.2) is 18.6 Å². The Hall–Kier alpha value is -3.34. The number of urea groups is 1. The first-order valence-corrected chi connectivity index (χ1v) is 10.3. The van der Waals surface area contributed by atoms with E-state index >= 15 is 0 Å². The molecule has 11 heteroatoms. The summed E-state index contributed by atoms with van der Waals surface area (Å²) in [4.78, 5) is 59.8. The Morgan fingerprint density at radius 2 is 2.07 bits per heavy atom. The molecule has 1 saturated heterocycles. The topological polar surface area (TPSA) is 147 Å². The number of rotatable bonds is 5. The molecule has 2 aromatic rings. The van der Waals surface area contributed by atoms with Crippen molar-refractivity contribution >= 4 is 40.1 Å². The van der Waals surface area contributed by atoms with Gasteiger partial charge in [0.1, 0.15) is 11.5 Å². The van der Waals surface area contributed by atoms with Gasteiger partial charge in [-0.2, -0.15) is 0 Å². The maximum Gasteiger partial charge on any atom is 0.325 e. The fourth-order valence-electron chi connectivity index (χ4n) is 3.80. The van der Waals surface area contributed by atoms with Crippen LogP contribution in [0.3, 0.4) is 0 Å². The molecule has 30 heavy (non-hydrogen) atoms. The van der Waals surface area contributed by atoms with E-state index in [0.29, 0.717) is 10.6 Å². The van der Waals surface area contributed by atoms with Gasteiger partial charge in [-0.1, -0.05) is 0 Å². The number of carbonyl (C=O) groups excluding carboxylic acids is 4. The van der Waals surface area contributed by atoms with Crippen molar-refractivity contribution in [1.82, 2.24) is 20.2 Å². The van der Waals surface area contributed by atoms with Gasteiger partial charge in [-0.05, 0) is 38.2 Å². The molecular formula is C19H20N6O4S. The number of hydrogen-bond donors (Lipinski definition) is 3. The number of nitrogens with zero attached hydrogens (tertiary/aromatic N) is 3. The number of nitrogens with one attached hydrogen (secondary N) is 2. The second-order valence-corrected chi connectivity index (χ2v) is 8.47. The summed E-state index contributed by atoms with van der Waals surface area (Å²) in [5.41, 5.74) is 5.61. The van der Waals surface area contributed by atoms with Crippen molar-refractivity contribution < 1.29 is 19.2 Å². The lowest BCUT2D eigenvalue weighted by Gasteiger charge is -2.20. The molecule has 0 spiro atoms. The van der Waals surface area contributed by atoms with E-state index in [1.807, 2.05) is 0 Å². The molecule has 10 nitrogen and oxygen atoms in total. The van der Waals surface area contributed by atoms with Crippen LogP contribution in [0.4, 0.5) is 9.80 Å². The summed E-state index contributed by atoms with van der Waals surface area (Å²) in [6, 6.07) is -0.705. The molecule has 3 heterocycles. The number of carbonyl (C=O) groups is 4. The number of aryl methyl sites for hydroxylation is 1. The minimum atomic E-state index is -1.41. The summed E-state index contributed by atoms with van der Waals surface area (Å²) >= 11 is 1.32. The minimum Gasteiger partial charge on any atom is -0.365 e. The quantitative estimate of drug-likeness (QED) is 0.603. The molecule has 0 aromatic carbocycles. The highest BCUT2D eigenvalue weighted by Gasteiger charge is 2.50. The average molecular weight is 428 g/mol. The highest BCUT2D eigenvalue weighted by Crippen LogP contribution is 2.38. The summed E-state index contributed by atoms with van der Waals surface area (Å²) in [6.45, 7) is 1.01. The van der Waals surface area contributed by atoms with Crippen LogP contribution >= 0.6 is 11.3 Å². The maximum atomic E-state index is 12.9. The number of anilines is 1. The summed E-state index contributed by atoms with van der Waals surface area (Å²) in [5, 5.41) is 5.59. The van der Waals surface area contributed by atoms with E-state index in [-0.39, 0.29) is 5.69 Å². The molecule has 156 valence electrons. The molecule has 0 unspecified atom stereocenters. The lowest BCUT2D eigenvalue weighted by Crippen LogP contribution is -2.42. The van der Waals surface area contributed by atoms with E-state index < -0.39 is 35.8 Å². The van der Waals surface area contributed by atoms with E-state index in [1.165, 1.54) is 36.9 Å². The normalized spacial score (nSPS) is 20.6. The largest absolute Gasteiger partial charge is 0.365 e. The van der Waals surface area contributed by atoms with Gasteiger partial charge in [0.15, 0.2) is 5.54 Å². The summed E-state index contributed by atoms with van der Waals surface area (Å²) in [5.74, 6) is -1.80. The van der Waals surface area contributed by atoms with Crippen molar-refractivity contribution in [3.05, 3.63) is 40.3 Å². The zero-order valence-corrected chi connectivity index (χ0v) is 17.0. The highest BCUT2D eigenvalue weighted by molar-refractivity contribution is 7.17. The number of fused-ring (bicyclic) bond motifs is 1. The van der Waals surface area contributed by atoms with Crippen LogP contribution in [0.1, 0.15) is 46.3 Å². The third-order valence-corrected chi connectivity index (χ3v) is 6.53. The van der Waals surface area contributed by atoms with Crippen LogP contribution in [0, 0.1) is 0 Å². The van der Waals surface area contributed by atoms with Crippen molar-refractivity contribution in [1.29, 1.82) is 0 Å². The molecular weight excluding hydrogens is 408 g/mol. The van der Waals surface area contributed by atoms with Crippen LogP contribution < -0.4 is 16.4 Å². The Morgan fingerprint density at radius 3 is 2.77 bits per heavy atom. The van der Waals surface area contributed by atoms with Gasteiger partial charge in [-0.3, -0.25) is 29.3 Å². The number of thiophene rings is 1. The molecule has 4 rings (SSSR count). The van der Waals surface area contributed by atoms with E-state index in [1.54, 1.807) is 0 Å². The van der Waals surface area contributed by atoms with Crippen LogP contribution in [-0.2, 0) is 28.0 Å². The van der Waals surface area contributed by atoms with Gasteiger partial charge < -0.3 is 16.4 Å². The van der Waals surface area contributed by atoms with E-state index in [9.17, 15) is 19.2 Å². The number of imide groups is 1. The Bertz CT molecular complexity index is 1050. The number of primary amides is 1. The molecule has 2 aromatic heterocycles. The third-order valence-electron chi connectivity index (χ3n) is 5.32. The first-order chi connectivity index (χ1) is 14.3. The van der Waals surface area contributed by atoms with E-state index in [0.717, 1.165) is 41.0 Å². The molecule has 1 aliphatic heterocycles. The Kier molecular flexibility index (Phi) is 4.98. The zero-order valence-electron chi connectivity index (χ0n) is 16.2. The minimum absolute atomic E-state index is 0.271. The van der Waals surface area contributed by atoms with Crippen molar-refractivity contribution in [3.8, 4) is 0 Å². The van der Waals surface area contributed by atoms with Gasteiger partial charge in [0.05, 0.1) is 17.5 Å². The molecule has 1 aliphatic carbocycles. The van der Waals surface area contributed by atoms with Crippen molar-refractivity contribution in [3.63, 3.8) is 0 Å². The number of aromatic nitrogens is 2. The summed E-state index contributed by atoms with van der Waals surface area (Å²) in [6.07, 6.45) is 7.80. The van der Waals surface area contributed by atoms with Crippen LogP contribution in [0.2, 0.25) is 0 Å². The van der Waals surface area contributed by atoms with E-state index in [4.69, 9.17) is 5.73 Å². The Balaban J connectivity index is 1.53. The molecule has 0 radical (unpaired) electrons. The lowest BCUT2D eigenvalue weighted by atomic mass is 9.95. The predicted molar refractivity (Wildman–Crippen MR) is 108 cm³/mol. The lowest BCUT2D eigenvalue weighted by molar-refractivity contribution is -0.133. The van der Waals surface area contributed by atoms with Crippen LogP contribution in [0.25, 0.3) is 0 Å². The molecule has 5 amide bonds. The molecule has 0 bridgehead atoms. The monoisotopic (exact) mass is 428 g/mol. The van der Waals surface area contributed by atoms with Crippen molar-refractivity contribution in [2.45, 2.75) is 38.1 Å². The molecule has 1 fully saturated rings. The Labute approximate surface area is 175 Å². The molecule has 1 atom stereocenters. The smallest absolute Gasteiger partial charge is 0.325 e. The molecule has 4 N–H and O–H groups in total. The fourth-order valence-corrected chi connectivity index (χ4v) is 5.11. The van der Waals surface area contributed by atoms with Gasteiger partial charge >= 0.3 is 6.03 Å². The SMILES string of the molecule is C[C@]1(c2cnccn2)NC(=O)N(CC(=O)Nc2sc3c(c2C(N)=O)CCCC3)C1=O. The summed E-state index contributed by atoms with van der Waals surface area (Å²) < 4.78 is 0. The number of nitrogens with two attached hydrogens (primary N) is 1. The van der Waals surface area contributed by atoms with Gasteiger partial charge in [0, 0.05) is 17.3 Å². The second kappa shape index (κ2) is 7.48. The molecule has 0 saturated carbocycles. The zero-order chi connectivity index (χ0) is 21.5.